The summed E-state index contributed by atoms with van der Waals surface area (Å²) in [7, 11) is 0. The Bertz CT molecular complexity index is 838. The van der Waals surface area contributed by atoms with Crippen LogP contribution in [0.25, 0.3) is 0 Å². The first-order chi connectivity index (χ1) is 11.7. The molecule has 2 aromatic carbocycles. The third-order valence-electron chi connectivity index (χ3n) is 3.32. The predicted octanol–water partition coefficient (Wildman–Crippen LogP) is 4.68. The van der Waals surface area contributed by atoms with Crippen molar-refractivity contribution in [2.75, 3.05) is 5.32 Å². The summed E-state index contributed by atoms with van der Waals surface area (Å²) in [4.78, 5) is 16.5. The molecule has 0 spiro atoms. The Hall–Kier alpha value is -2.66. The second-order valence-corrected chi connectivity index (χ2v) is 6.01. The summed E-state index contributed by atoms with van der Waals surface area (Å²) in [6, 6.07) is 20.4. The number of ether oxygens (including phenoxy) is 1. The largest absolute Gasteiger partial charge is 0.471 e. The van der Waals surface area contributed by atoms with Crippen molar-refractivity contribution in [1.82, 2.24) is 4.98 Å². The molecule has 0 aliphatic heterocycles. The van der Waals surface area contributed by atoms with Crippen LogP contribution in [0.3, 0.4) is 0 Å². The molecule has 5 heteroatoms. The molecule has 24 heavy (non-hydrogen) atoms. The summed E-state index contributed by atoms with van der Waals surface area (Å²) in [6.07, 6.45) is 1.63. The molecule has 0 atom stereocenters. The zero-order chi connectivity index (χ0) is 16.8. The van der Waals surface area contributed by atoms with Gasteiger partial charge in [-0.25, -0.2) is 4.98 Å². The molecule has 120 valence electrons. The van der Waals surface area contributed by atoms with Gasteiger partial charge in [0.25, 0.3) is 5.91 Å². The molecule has 3 aromatic rings. The summed E-state index contributed by atoms with van der Waals surface area (Å²) < 4.78 is 6.76. The maximum atomic E-state index is 12.3. The summed E-state index contributed by atoms with van der Waals surface area (Å²) >= 11 is 3.43. The highest BCUT2D eigenvalue weighted by Crippen LogP contribution is 2.23. The Labute approximate surface area is 148 Å². The molecule has 1 heterocycles. The molecule has 0 saturated heterocycles. The van der Waals surface area contributed by atoms with E-state index in [-0.39, 0.29) is 5.91 Å². The van der Waals surface area contributed by atoms with E-state index in [1.807, 2.05) is 42.5 Å². The highest BCUT2D eigenvalue weighted by molar-refractivity contribution is 9.10. The standard InChI is InChI=1S/C19H15BrN2O2/c20-16-9-4-6-14(12-16)13-24-19-17(10-5-11-21-19)22-18(23)15-7-2-1-3-8-15/h1-12H,13H2,(H,22,23). The van der Waals surface area contributed by atoms with Gasteiger partial charge in [-0.3, -0.25) is 4.79 Å². The van der Waals surface area contributed by atoms with Crippen LogP contribution in [0.4, 0.5) is 5.69 Å². The molecule has 4 nitrogen and oxygen atoms in total. The normalized spacial score (nSPS) is 10.2. The third kappa shape index (κ3) is 4.20. The van der Waals surface area contributed by atoms with Gasteiger partial charge in [-0.2, -0.15) is 0 Å². The van der Waals surface area contributed by atoms with Gasteiger partial charge in [-0.15, -0.1) is 0 Å². The van der Waals surface area contributed by atoms with Crippen molar-refractivity contribution < 1.29 is 9.53 Å². The highest BCUT2D eigenvalue weighted by atomic mass is 79.9. The SMILES string of the molecule is O=C(Nc1cccnc1OCc1cccc(Br)c1)c1ccccc1. The monoisotopic (exact) mass is 382 g/mol. The van der Waals surface area contributed by atoms with Crippen LogP contribution in [0.15, 0.2) is 77.4 Å². The second kappa shape index (κ2) is 7.75. The summed E-state index contributed by atoms with van der Waals surface area (Å²) in [5.41, 5.74) is 2.14. The number of rotatable bonds is 5. The number of anilines is 1. The number of carbonyl (C=O) groups excluding carboxylic acids is 1. The van der Waals surface area contributed by atoms with E-state index in [1.54, 1.807) is 30.5 Å². The smallest absolute Gasteiger partial charge is 0.255 e. The molecule has 1 amide bonds. The topological polar surface area (TPSA) is 51.2 Å². The number of hydrogen-bond acceptors (Lipinski definition) is 3. The number of nitrogens with zero attached hydrogens (tertiary/aromatic N) is 1. The molecule has 0 bridgehead atoms. The third-order valence-corrected chi connectivity index (χ3v) is 3.81. The Kier molecular flexibility index (Phi) is 5.23. The molecule has 1 N–H and O–H groups in total. The van der Waals surface area contributed by atoms with Gasteiger partial charge in [0, 0.05) is 16.2 Å². The molecule has 0 unspecified atom stereocenters. The molecule has 0 saturated carbocycles. The van der Waals surface area contributed by atoms with Crippen molar-refractivity contribution in [2.45, 2.75) is 6.61 Å². The van der Waals surface area contributed by atoms with Gasteiger partial charge in [0.2, 0.25) is 5.88 Å². The van der Waals surface area contributed by atoms with E-state index in [1.165, 1.54) is 0 Å². The van der Waals surface area contributed by atoms with Crippen molar-refractivity contribution in [1.29, 1.82) is 0 Å². The number of nitrogens with one attached hydrogen (secondary N) is 1. The lowest BCUT2D eigenvalue weighted by Crippen LogP contribution is -2.13. The summed E-state index contributed by atoms with van der Waals surface area (Å²) in [6.45, 7) is 0.366. The fourth-order valence-electron chi connectivity index (χ4n) is 2.16. The first kappa shape index (κ1) is 16.2. The zero-order valence-corrected chi connectivity index (χ0v) is 14.4. The van der Waals surface area contributed by atoms with E-state index in [2.05, 4.69) is 26.2 Å². The van der Waals surface area contributed by atoms with E-state index < -0.39 is 0 Å². The Morgan fingerprint density at radius 1 is 1.04 bits per heavy atom. The zero-order valence-electron chi connectivity index (χ0n) is 12.8. The quantitative estimate of drug-likeness (QED) is 0.696. The number of carbonyl (C=O) groups is 1. The highest BCUT2D eigenvalue weighted by Gasteiger charge is 2.10. The first-order valence-electron chi connectivity index (χ1n) is 7.41. The molecule has 1 aromatic heterocycles. The van der Waals surface area contributed by atoms with Crippen molar-refractivity contribution in [3.8, 4) is 5.88 Å². The number of halogens is 1. The summed E-state index contributed by atoms with van der Waals surface area (Å²) in [5.74, 6) is 0.192. The van der Waals surface area contributed by atoms with Gasteiger partial charge in [0.05, 0.1) is 0 Å². The Balaban J connectivity index is 1.72. The van der Waals surface area contributed by atoms with Crippen molar-refractivity contribution in [2.24, 2.45) is 0 Å². The minimum atomic E-state index is -0.198. The molecule has 0 aliphatic rings. The van der Waals surface area contributed by atoms with Crippen LogP contribution in [-0.4, -0.2) is 10.9 Å². The summed E-state index contributed by atoms with van der Waals surface area (Å²) in [5, 5.41) is 2.84. The van der Waals surface area contributed by atoms with E-state index in [9.17, 15) is 4.79 Å². The van der Waals surface area contributed by atoms with Crippen molar-refractivity contribution in [3.63, 3.8) is 0 Å². The van der Waals surface area contributed by atoms with E-state index in [0.29, 0.717) is 23.7 Å². The minimum Gasteiger partial charge on any atom is -0.471 e. The molecule has 0 radical (unpaired) electrons. The van der Waals surface area contributed by atoms with Crippen LogP contribution in [0.5, 0.6) is 5.88 Å². The maximum Gasteiger partial charge on any atom is 0.255 e. The van der Waals surface area contributed by atoms with E-state index >= 15 is 0 Å². The number of benzene rings is 2. The molecular formula is C19H15BrN2O2. The fourth-order valence-corrected chi connectivity index (χ4v) is 2.61. The Morgan fingerprint density at radius 2 is 1.88 bits per heavy atom. The number of aromatic nitrogens is 1. The van der Waals surface area contributed by atoms with Gasteiger partial charge in [-0.1, -0.05) is 46.3 Å². The minimum absolute atomic E-state index is 0.198. The lowest BCUT2D eigenvalue weighted by Gasteiger charge is -2.11. The van der Waals surface area contributed by atoms with Gasteiger partial charge >= 0.3 is 0 Å². The van der Waals surface area contributed by atoms with Crippen molar-refractivity contribution in [3.05, 3.63) is 88.5 Å². The van der Waals surface area contributed by atoms with Crippen LogP contribution in [0.2, 0.25) is 0 Å². The maximum absolute atomic E-state index is 12.3. The average Bonchev–Trinajstić information content (AvgIpc) is 2.62. The number of hydrogen-bond donors (Lipinski definition) is 1. The van der Waals surface area contributed by atoms with Gasteiger partial charge < -0.3 is 10.1 Å². The van der Waals surface area contributed by atoms with Gasteiger partial charge in [0.1, 0.15) is 12.3 Å². The van der Waals surface area contributed by atoms with E-state index in [0.717, 1.165) is 10.0 Å². The fraction of sp³-hybridized carbons (Fsp3) is 0.0526. The van der Waals surface area contributed by atoms with Crippen LogP contribution < -0.4 is 10.1 Å². The average molecular weight is 383 g/mol. The number of pyridine rings is 1. The first-order valence-corrected chi connectivity index (χ1v) is 8.20. The van der Waals surface area contributed by atoms with Gasteiger partial charge in [-0.05, 0) is 42.0 Å². The van der Waals surface area contributed by atoms with Crippen LogP contribution in [0.1, 0.15) is 15.9 Å². The molecule has 0 aliphatic carbocycles. The molecular weight excluding hydrogens is 368 g/mol. The van der Waals surface area contributed by atoms with Crippen LogP contribution in [0, 0.1) is 0 Å². The molecule has 0 fully saturated rings. The Morgan fingerprint density at radius 3 is 2.67 bits per heavy atom. The number of amides is 1. The van der Waals surface area contributed by atoms with Gasteiger partial charge in [0.15, 0.2) is 0 Å². The van der Waals surface area contributed by atoms with E-state index in [4.69, 9.17) is 4.74 Å². The predicted molar refractivity (Wildman–Crippen MR) is 97.1 cm³/mol. The lowest BCUT2D eigenvalue weighted by molar-refractivity contribution is 0.102. The van der Waals surface area contributed by atoms with Crippen LogP contribution in [-0.2, 0) is 6.61 Å². The van der Waals surface area contributed by atoms with Crippen molar-refractivity contribution >= 4 is 27.5 Å². The van der Waals surface area contributed by atoms with Crippen LogP contribution >= 0.6 is 15.9 Å². The lowest BCUT2D eigenvalue weighted by atomic mass is 10.2. The molecule has 3 rings (SSSR count). The second-order valence-electron chi connectivity index (χ2n) is 5.09.